The molecule has 1 heterocycles. The Morgan fingerprint density at radius 1 is 0.917 bits per heavy atom. The zero-order chi connectivity index (χ0) is 16.9. The maximum Gasteiger partial charge on any atom is 0.275 e. The summed E-state index contributed by atoms with van der Waals surface area (Å²) in [4.78, 5) is 28.4. The lowest BCUT2D eigenvalue weighted by Crippen LogP contribution is -2.14. The lowest BCUT2D eigenvalue weighted by molar-refractivity contribution is 0.101. The molecule has 0 aliphatic carbocycles. The van der Waals surface area contributed by atoms with Gasteiger partial charge in [0.05, 0.1) is 0 Å². The van der Waals surface area contributed by atoms with Gasteiger partial charge in [-0.3, -0.25) is 14.9 Å². The number of halogens is 1. The Hall–Kier alpha value is -2.51. The predicted octanol–water partition coefficient (Wildman–Crippen LogP) is 4.41. The van der Waals surface area contributed by atoms with E-state index in [0.29, 0.717) is 16.4 Å². The summed E-state index contributed by atoms with van der Waals surface area (Å²) < 4.78 is 0.931. The molecule has 3 rings (SSSR count). The van der Waals surface area contributed by atoms with Gasteiger partial charge >= 0.3 is 0 Å². The van der Waals surface area contributed by atoms with E-state index < -0.39 is 0 Å². The molecule has 2 N–H and O–H groups in total. The van der Waals surface area contributed by atoms with Crippen molar-refractivity contribution < 1.29 is 9.59 Å². The lowest BCUT2D eigenvalue weighted by Gasteiger charge is -2.03. The van der Waals surface area contributed by atoms with Gasteiger partial charge < -0.3 is 5.32 Å². The Morgan fingerprint density at radius 3 is 2.33 bits per heavy atom. The molecular formula is C17H12BrN3O2S. The quantitative estimate of drug-likeness (QED) is 0.679. The van der Waals surface area contributed by atoms with Gasteiger partial charge in [-0.05, 0) is 36.4 Å². The van der Waals surface area contributed by atoms with E-state index >= 15 is 0 Å². The number of hydrogen-bond acceptors (Lipinski definition) is 4. The van der Waals surface area contributed by atoms with Gasteiger partial charge in [-0.15, -0.1) is 11.3 Å². The summed E-state index contributed by atoms with van der Waals surface area (Å²) in [5, 5.41) is 7.43. The van der Waals surface area contributed by atoms with Crippen LogP contribution in [0, 0.1) is 0 Å². The third-order valence-electron chi connectivity index (χ3n) is 3.10. The highest BCUT2D eigenvalue weighted by molar-refractivity contribution is 9.10. The number of anilines is 2. The number of aromatic nitrogens is 1. The lowest BCUT2D eigenvalue weighted by atomic mass is 10.2. The van der Waals surface area contributed by atoms with Gasteiger partial charge in [0.25, 0.3) is 11.8 Å². The molecule has 0 spiro atoms. The van der Waals surface area contributed by atoms with Crippen LogP contribution in [0.25, 0.3) is 0 Å². The minimum absolute atomic E-state index is 0.256. The summed E-state index contributed by atoms with van der Waals surface area (Å²) in [6.07, 6.45) is 0. The number of thiazole rings is 1. The Kier molecular flexibility index (Phi) is 5.02. The number of nitrogens with one attached hydrogen (secondary N) is 2. The van der Waals surface area contributed by atoms with Crippen molar-refractivity contribution in [3.05, 3.63) is 75.7 Å². The highest BCUT2D eigenvalue weighted by Gasteiger charge is 2.13. The Labute approximate surface area is 150 Å². The fourth-order valence-electron chi connectivity index (χ4n) is 1.92. The van der Waals surface area contributed by atoms with Gasteiger partial charge in [-0.2, -0.15) is 0 Å². The van der Waals surface area contributed by atoms with Crippen LogP contribution in [0.15, 0.2) is 64.5 Å². The molecule has 0 bridgehead atoms. The van der Waals surface area contributed by atoms with E-state index in [1.165, 1.54) is 11.3 Å². The van der Waals surface area contributed by atoms with Crippen LogP contribution in [0.4, 0.5) is 10.8 Å². The zero-order valence-electron chi connectivity index (χ0n) is 12.3. The van der Waals surface area contributed by atoms with Gasteiger partial charge in [0, 0.05) is 21.1 Å². The van der Waals surface area contributed by atoms with Crippen LogP contribution in [0.1, 0.15) is 20.8 Å². The topological polar surface area (TPSA) is 71.1 Å². The van der Waals surface area contributed by atoms with Gasteiger partial charge in [-0.1, -0.05) is 34.1 Å². The van der Waals surface area contributed by atoms with Crippen molar-refractivity contribution in [1.29, 1.82) is 0 Å². The summed E-state index contributed by atoms with van der Waals surface area (Å²) in [6, 6.07) is 16.1. The average Bonchev–Trinajstić information content (AvgIpc) is 3.06. The SMILES string of the molecule is O=C(Nc1nc(C(=O)Nc2ccc(Br)cc2)cs1)c1ccccc1. The molecule has 0 saturated carbocycles. The predicted molar refractivity (Wildman–Crippen MR) is 98.6 cm³/mol. The molecule has 24 heavy (non-hydrogen) atoms. The normalized spacial score (nSPS) is 10.2. The van der Waals surface area contributed by atoms with Crippen molar-refractivity contribution in [2.45, 2.75) is 0 Å². The minimum Gasteiger partial charge on any atom is -0.321 e. The Morgan fingerprint density at radius 2 is 1.62 bits per heavy atom. The number of amides is 2. The molecule has 1 aromatic heterocycles. The van der Waals surface area contributed by atoms with Crippen molar-refractivity contribution >= 4 is 49.9 Å². The van der Waals surface area contributed by atoms with Crippen molar-refractivity contribution in [2.75, 3.05) is 10.6 Å². The van der Waals surface area contributed by atoms with Crippen LogP contribution < -0.4 is 10.6 Å². The van der Waals surface area contributed by atoms with Gasteiger partial charge in [0.15, 0.2) is 5.13 Å². The van der Waals surface area contributed by atoms with Crippen LogP contribution in [0.5, 0.6) is 0 Å². The molecule has 0 aliphatic rings. The molecule has 0 saturated heterocycles. The number of carbonyl (C=O) groups excluding carboxylic acids is 2. The maximum absolute atomic E-state index is 12.2. The standard InChI is InChI=1S/C17H12BrN3O2S/c18-12-6-8-13(9-7-12)19-16(23)14-10-24-17(20-14)21-15(22)11-4-2-1-3-5-11/h1-10H,(H,19,23)(H,20,21,22). The van der Waals surface area contributed by atoms with Crippen molar-refractivity contribution in [2.24, 2.45) is 0 Å². The van der Waals surface area contributed by atoms with Crippen molar-refractivity contribution in [1.82, 2.24) is 4.98 Å². The molecule has 2 amide bonds. The van der Waals surface area contributed by atoms with Gasteiger partial charge in [0.1, 0.15) is 5.69 Å². The first-order valence-corrected chi connectivity index (χ1v) is 8.68. The number of rotatable bonds is 4. The molecule has 0 unspecified atom stereocenters. The van der Waals surface area contributed by atoms with E-state index in [4.69, 9.17) is 0 Å². The van der Waals surface area contributed by atoms with Crippen LogP contribution >= 0.6 is 27.3 Å². The van der Waals surface area contributed by atoms with Crippen LogP contribution in [-0.4, -0.2) is 16.8 Å². The summed E-state index contributed by atoms with van der Waals surface area (Å²) in [5.74, 6) is -0.585. The molecular weight excluding hydrogens is 390 g/mol. The zero-order valence-corrected chi connectivity index (χ0v) is 14.7. The Balaban J connectivity index is 1.65. The second kappa shape index (κ2) is 7.37. The van der Waals surface area contributed by atoms with Crippen LogP contribution in [0.3, 0.4) is 0 Å². The average molecular weight is 402 g/mol. The third-order valence-corrected chi connectivity index (χ3v) is 4.38. The fraction of sp³-hybridized carbons (Fsp3) is 0. The molecule has 0 aliphatic heterocycles. The minimum atomic E-state index is -0.325. The third kappa shape index (κ3) is 4.06. The molecule has 7 heteroatoms. The molecule has 5 nitrogen and oxygen atoms in total. The molecule has 3 aromatic rings. The number of benzene rings is 2. The van der Waals surface area contributed by atoms with E-state index in [1.54, 1.807) is 41.8 Å². The fourth-order valence-corrected chi connectivity index (χ4v) is 2.87. The summed E-state index contributed by atoms with van der Waals surface area (Å²) >= 11 is 4.54. The van der Waals surface area contributed by atoms with Crippen molar-refractivity contribution in [3.8, 4) is 0 Å². The first-order valence-electron chi connectivity index (χ1n) is 7.00. The van der Waals surface area contributed by atoms with Gasteiger partial charge in [-0.25, -0.2) is 4.98 Å². The summed E-state index contributed by atoms with van der Waals surface area (Å²) in [5.41, 5.74) is 1.46. The van der Waals surface area contributed by atoms with Crippen LogP contribution in [-0.2, 0) is 0 Å². The molecule has 0 radical (unpaired) electrons. The summed E-state index contributed by atoms with van der Waals surface area (Å²) in [6.45, 7) is 0. The largest absolute Gasteiger partial charge is 0.321 e. The van der Waals surface area contributed by atoms with E-state index in [-0.39, 0.29) is 17.5 Å². The number of carbonyl (C=O) groups is 2. The molecule has 0 atom stereocenters. The molecule has 120 valence electrons. The second-order valence-corrected chi connectivity index (χ2v) is 6.59. The van der Waals surface area contributed by atoms with E-state index in [9.17, 15) is 9.59 Å². The number of nitrogens with zero attached hydrogens (tertiary/aromatic N) is 1. The van der Waals surface area contributed by atoms with Crippen molar-refractivity contribution in [3.63, 3.8) is 0 Å². The van der Waals surface area contributed by atoms with E-state index in [1.807, 2.05) is 18.2 Å². The van der Waals surface area contributed by atoms with Gasteiger partial charge in [0.2, 0.25) is 0 Å². The van der Waals surface area contributed by atoms with E-state index in [0.717, 1.165) is 4.47 Å². The van der Waals surface area contributed by atoms with E-state index in [2.05, 4.69) is 31.5 Å². The maximum atomic E-state index is 12.2. The highest BCUT2D eigenvalue weighted by atomic mass is 79.9. The first kappa shape index (κ1) is 16.4. The monoisotopic (exact) mass is 401 g/mol. The number of hydrogen-bond donors (Lipinski definition) is 2. The molecule has 2 aromatic carbocycles. The Bertz CT molecular complexity index is 863. The van der Waals surface area contributed by atoms with Crippen LogP contribution in [0.2, 0.25) is 0 Å². The first-order chi connectivity index (χ1) is 11.6. The smallest absolute Gasteiger partial charge is 0.275 e. The summed E-state index contributed by atoms with van der Waals surface area (Å²) in [7, 11) is 0. The molecule has 0 fully saturated rings. The highest BCUT2D eigenvalue weighted by Crippen LogP contribution is 2.19. The second-order valence-electron chi connectivity index (χ2n) is 4.82.